The molecular formula is C20H36O2. The second-order valence-electron chi connectivity index (χ2n) is 5.83. The molecule has 0 aromatic heterocycles. The Balaban J connectivity index is 3.56. The minimum Gasteiger partial charge on any atom is -0.462 e. The third-order valence-corrected chi connectivity index (χ3v) is 3.69. The number of esters is 1. The van der Waals surface area contributed by atoms with Crippen LogP contribution in [0.5, 0.6) is 0 Å². The molecule has 0 bridgehead atoms. The van der Waals surface area contributed by atoms with E-state index in [1.54, 1.807) is 0 Å². The van der Waals surface area contributed by atoms with Crippen molar-refractivity contribution in [3.63, 3.8) is 0 Å². The van der Waals surface area contributed by atoms with Gasteiger partial charge in [-0.15, -0.1) is 0 Å². The molecule has 0 fully saturated rings. The van der Waals surface area contributed by atoms with Gasteiger partial charge in [-0.2, -0.15) is 0 Å². The summed E-state index contributed by atoms with van der Waals surface area (Å²) >= 11 is 0. The molecule has 2 heteroatoms. The third kappa shape index (κ3) is 13.9. The van der Waals surface area contributed by atoms with Gasteiger partial charge in [0.05, 0.1) is 0 Å². The quantitative estimate of drug-likeness (QED) is 0.212. The summed E-state index contributed by atoms with van der Waals surface area (Å²) in [4.78, 5) is 11.4. The zero-order valence-electron chi connectivity index (χ0n) is 15.0. The lowest BCUT2D eigenvalue weighted by atomic mass is 10.0. The fourth-order valence-electron chi connectivity index (χ4n) is 2.40. The van der Waals surface area contributed by atoms with Gasteiger partial charge in [-0.1, -0.05) is 64.3 Å². The monoisotopic (exact) mass is 308 g/mol. The summed E-state index contributed by atoms with van der Waals surface area (Å²) in [5.41, 5.74) is 0. The molecule has 1 atom stereocenters. The summed E-state index contributed by atoms with van der Waals surface area (Å²) < 4.78 is 5.48. The Hall–Kier alpha value is -1.05. The fraction of sp³-hybridized carbons (Fsp3) is 0.750. The molecule has 0 N–H and O–H groups in total. The highest BCUT2D eigenvalue weighted by Gasteiger charge is 2.11. The summed E-state index contributed by atoms with van der Waals surface area (Å²) in [5.74, 6) is -0.0549. The van der Waals surface area contributed by atoms with Crippen molar-refractivity contribution in [1.29, 1.82) is 0 Å². The number of hydrogen-bond donors (Lipinski definition) is 0. The van der Waals surface area contributed by atoms with Gasteiger partial charge in [-0.05, 0) is 44.9 Å². The predicted molar refractivity (Wildman–Crippen MR) is 96.0 cm³/mol. The number of carbonyl (C=O) groups is 1. The standard InChI is InChI=1S/C20H36O2/c1-4-7-8-9-10-11-12-13-14-15-16-18-19(17-5-2)22-20(21)6-3/h7-8,10-11,19H,4-6,9,12-18H2,1-3H3. The van der Waals surface area contributed by atoms with Gasteiger partial charge in [0.15, 0.2) is 0 Å². The minimum absolute atomic E-state index is 0.0549. The Labute approximate surface area is 138 Å². The molecular weight excluding hydrogens is 272 g/mol. The van der Waals surface area contributed by atoms with Crippen LogP contribution >= 0.6 is 0 Å². The SMILES string of the molecule is CCC=CCC=CCCCCCCC(CCC)OC(=O)CC. The van der Waals surface area contributed by atoms with Crippen LogP contribution in [0.1, 0.15) is 91.4 Å². The van der Waals surface area contributed by atoms with Crippen LogP contribution in [-0.4, -0.2) is 12.1 Å². The molecule has 0 heterocycles. The maximum absolute atomic E-state index is 11.4. The molecule has 0 aliphatic rings. The molecule has 1 unspecified atom stereocenters. The summed E-state index contributed by atoms with van der Waals surface area (Å²) in [7, 11) is 0. The lowest BCUT2D eigenvalue weighted by molar-refractivity contribution is -0.149. The zero-order valence-corrected chi connectivity index (χ0v) is 15.0. The Morgan fingerprint density at radius 3 is 2.32 bits per heavy atom. The van der Waals surface area contributed by atoms with E-state index in [0.717, 1.165) is 32.1 Å². The van der Waals surface area contributed by atoms with E-state index in [0.29, 0.717) is 6.42 Å². The number of ether oxygens (including phenoxy) is 1. The molecule has 0 saturated carbocycles. The number of rotatable bonds is 14. The first-order valence-corrected chi connectivity index (χ1v) is 9.23. The van der Waals surface area contributed by atoms with Gasteiger partial charge >= 0.3 is 5.97 Å². The average molecular weight is 309 g/mol. The molecule has 22 heavy (non-hydrogen) atoms. The van der Waals surface area contributed by atoms with Crippen molar-refractivity contribution in [3.05, 3.63) is 24.3 Å². The highest BCUT2D eigenvalue weighted by Crippen LogP contribution is 2.14. The molecule has 0 aromatic carbocycles. The van der Waals surface area contributed by atoms with Crippen molar-refractivity contribution in [3.8, 4) is 0 Å². The van der Waals surface area contributed by atoms with E-state index in [2.05, 4.69) is 38.2 Å². The van der Waals surface area contributed by atoms with Gasteiger partial charge in [-0.25, -0.2) is 0 Å². The Morgan fingerprint density at radius 2 is 1.64 bits per heavy atom. The molecule has 0 spiro atoms. The van der Waals surface area contributed by atoms with Gasteiger partial charge in [0, 0.05) is 6.42 Å². The third-order valence-electron chi connectivity index (χ3n) is 3.69. The molecule has 0 aliphatic heterocycles. The second kappa shape index (κ2) is 16.3. The van der Waals surface area contributed by atoms with Gasteiger partial charge in [0.25, 0.3) is 0 Å². The molecule has 128 valence electrons. The van der Waals surface area contributed by atoms with Crippen LogP contribution in [-0.2, 0) is 9.53 Å². The Morgan fingerprint density at radius 1 is 0.909 bits per heavy atom. The highest BCUT2D eigenvalue weighted by atomic mass is 16.5. The van der Waals surface area contributed by atoms with E-state index in [-0.39, 0.29) is 12.1 Å². The van der Waals surface area contributed by atoms with Crippen molar-refractivity contribution in [2.24, 2.45) is 0 Å². The maximum Gasteiger partial charge on any atom is 0.305 e. The first-order valence-electron chi connectivity index (χ1n) is 9.23. The van der Waals surface area contributed by atoms with Gasteiger partial charge in [0.1, 0.15) is 6.10 Å². The van der Waals surface area contributed by atoms with Crippen molar-refractivity contribution >= 4 is 5.97 Å². The van der Waals surface area contributed by atoms with Gasteiger partial charge in [-0.3, -0.25) is 4.79 Å². The molecule has 0 radical (unpaired) electrons. The van der Waals surface area contributed by atoms with Crippen molar-refractivity contribution < 1.29 is 9.53 Å². The fourth-order valence-corrected chi connectivity index (χ4v) is 2.40. The predicted octanol–water partition coefficient (Wildman–Crippen LogP) is 6.36. The molecule has 0 rings (SSSR count). The van der Waals surface area contributed by atoms with E-state index in [4.69, 9.17) is 4.74 Å². The van der Waals surface area contributed by atoms with Crippen LogP contribution in [0.15, 0.2) is 24.3 Å². The van der Waals surface area contributed by atoms with Crippen molar-refractivity contribution in [2.45, 2.75) is 97.5 Å². The normalized spacial score (nSPS) is 13.0. The number of carbonyl (C=O) groups excluding carboxylic acids is 1. The molecule has 0 aromatic rings. The smallest absolute Gasteiger partial charge is 0.305 e. The van der Waals surface area contributed by atoms with Crippen LogP contribution in [0.25, 0.3) is 0 Å². The summed E-state index contributed by atoms with van der Waals surface area (Å²) in [5, 5.41) is 0. The number of allylic oxidation sites excluding steroid dienone is 4. The molecule has 0 amide bonds. The van der Waals surface area contributed by atoms with E-state index in [1.165, 1.54) is 32.1 Å². The average Bonchev–Trinajstić information content (AvgIpc) is 2.52. The van der Waals surface area contributed by atoms with E-state index in [1.807, 2.05) is 6.92 Å². The highest BCUT2D eigenvalue weighted by molar-refractivity contribution is 5.69. The lowest BCUT2D eigenvalue weighted by Gasteiger charge is -2.16. The number of unbranched alkanes of at least 4 members (excludes halogenated alkanes) is 4. The first kappa shape index (κ1) is 20.9. The van der Waals surface area contributed by atoms with Crippen LogP contribution in [0.4, 0.5) is 0 Å². The van der Waals surface area contributed by atoms with Crippen LogP contribution in [0.2, 0.25) is 0 Å². The molecule has 0 saturated heterocycles. The van der Waals surface area contributed by atoms with Crippen LogP contribution < -0.4 is 0 Å². The number of hydrogen-bond acceptors (Lipinski definition) is 2. The summed E-state index contributed by atoms with van der Waals surface area (Å²) in [6, 6.07) is 0. The Kier molecular flexibility index (Phi) is 15.5. The van der Waals surface area contributed by atoms with Gasteiger partial charge in [0.2, 0.25) is 0 Å². The van der Waals surface area contributed by atoms with E-state index in [9.17, 15) is 4.79 Å². The summed E-state index contributed by atoms with van der Waals surface area (Å²) in [6.07, 6.45) is 21.0. The molecule has 2 nitrogen and oxygen atoms in total. The lowest BCUT2D eigenvalue weighted by Crippen LogP contribution is -2.17. The van der Waals surface area contributed by atoms with Crippen LogP contribution in [0, 0.1) is 0 Å². The minimum atomic E-state index is -0.0549. The van der Waals surface area contributed by atoms with Crippen LogP contribution in [0.3, 0.4) is 0 Å². The zero-order chi connectivity index (χ0) is 16.5. The van der Waals surface area contributed by atoms with E-state index < -0.39 is 0 Å². The van der Waals surface area contributed by atoms with Crippen molar-refractivity contribution in [1.82, 2.24) is 0 Å². The van der Waals surface area contributed by atoms with Gasteiger partial charge < -0.3 is 4.74 Å². The Bertz CT molecular complexity index is 305. The molecule has 0 aliphatic carbocycles. The second-order valence-corrected chi connectivity index (χ2v) is 5.83. The van der Waals surface area contributed by atoms with E-state index >= 15 is 0 Å². The largest absolute Gasteiger partial charge is 0.462 e. The first-order chi connectivity index (χ1) is 10.7. The maximum atomic E-state index is 11.4. The summed E-state index contributed by atoms with van der Waals surface area (Å²) in [6.45, 7) is 6.17. The van der Waals surface area contributed by atoms with Crippen molar-refractivity contribution in [2.75, 3.05) is 0 Å². The topological polar surface area (TPSA) is 26.3 Å².